The van der Waals surface area contributed by atoms with Gasteiger partial charge in [0.2, 0.25) is 0 Å². The van der Waals surface area contributed by atoms with Crippen molar-refractivity contribution in [1.29, 1.82) is 0 Å². The molecule has 0 unspecified atom stereocenters. The molecule has 4 nitrogen and oxygen atoms in total. The summed E-state index contributed by atoms with van der Waals surface area (Å²) >= 11 is 0. The van der Waals surface area contributed by atoms with Crippen molar-refractivity contribution in [3.8, 4) is 0 Å². The molecular formula is C12H11N3O. The molecule has 1 aliphatic carbocycles. The van der Waals surface area contributed by atoms with Crippen LogP contribution >= 0.6 is 0 Å². The summed E-state index contributed by atoms with van der Waals surface area (Å²) in [6.45, 7) is 0.715. The average molecular weight is 213 g/mol. The number of nitrogens with one attached hydrogen (secondary N) is 1. The quantitative estimate of drug-likeness (QED) is 0.761. The lowest BCUT2D eigenvalue weighted by molar-refractivity contribution is -0.114. The topological polar surface area (TPSA) is 45.2 Å². The number of anilines is 1. The number of rotatable bonds is 1. The van der Waals surface area contributed by atoms with Crippen molar-refractivity contribution in [3.63, 3.8) is 0 Å². The third-order valence-corrected chi connectivity index (χ3v) is 2.80. The molecule has 0 saturated carbocycles. The largest absolute Gasteiger partial charge is 0.369 e. The van der Waals surface area contributed by atoms with Crippen LogP contribution in [0.25, 0.3) is 0 Å². The van der Waals surface area contributed by atoms with Crippen LogP contribution in [0.4, 0.5) is 5.69 Å². The SMILES string of the molecule is O=C1C=CC2=C(C1)NCN2c1ccncc1. The number of hydrogen-bond donors (Lipinski definition) is 1. The molecule has 0 fully saturated rings. The molecule has 80 valence electrons. The molecule has 0 atom stereocenters. The summed E-state index contributed by atoms with van der Waals surface area (Å²) in [6.07, 6.45) is 7.53. The van der Waals surface area contributed by atoms with Crippen LogP contribution in [-0.4, -0.2) is 17.4 Å². The molecule has 1 aromatic rings. The molecule has 16 heavy (non-hydrogen) atoms. The highest BCUT2D eigenvalue weighted by molar-refractivity contribution is 5.94. The summed E-state index contributed by atoms with van der Waals surface area (Å²) in [5.74, 6) is 0.155. The van der Waals surface area contributed by atoms with Crippen LogP contribution in [0.3, 0.4) is 0 Å². The maximum atomic E-state index is 11.3. The minimum Gasteiger partial charge on any atom is -0.369 e. The minimum atomic E-state index is 0.155. The van der Waals surface area contributed by atoms with Crippen LogP contribution in [-0.2, 0) is 4.79 Å². The molecular weight excluding hydrogens is 202 g/mol. The van der Waals surface area contributed by atoms with Gasteiger partial charge in [0.05, 0.1) is 18.8 Å². The summed E-state index contributed by atoms with van der Waals surface area (Å²) in [5, 5.41) is 3.25. The van der Waals surface area contributed by atoms with Crippen LogP contribution < -0.4 is 10.2 Å². The zero-order valence-electron chi connectivity index (χ0n) is 8.68. The van der Waals surface area contributed by atoms with E-state index in [1.807, 2.05) is 18.2 Å². The minimum absolute atomic E-state index is 0.155. The first-order valence-corrected chi connectivity index (χ1v) is 5.20. The second-order valence-corrected chi connectivity index (χ2v) is 3.81. The molecule has 0 bridgehead atoms. The van der Waals surface area contributed by atoms with Gasteiger partial charge in [0.15, 0.2) is 5.78 Å². The van der Waals surface area contributed by atoms with E-state index in [9.17, 15) is 4.79 Å². The van der Waals surface area contributed by atoms with Crippen LogP contribution in [0.1, 0.15) is 6.42 Å². The number of aromatic nitrogens is 1. The summed E-state index contributed by atoms with van der Waals surface area (Å²) in [5.41, 5.74) is 3.20. The smallest absolute Gasteiger partial charge is 0.161 e. The van der Waals surface area contributed by atoms with Gasteiger partial charge in [-0.25, -0.2) is 0 Å². The van der Waals surface area contributed by atoms with Gasteiger partial charge in [-0.15, -0.1) is 0 Å². The molecule has 4 heteroatoms. The van der Waals surface area contributed by atoms with E-state index in [4.69, 9.17) is 0 Å². The van der Waals surface area contributed by atoms with Gasteiger partial charge in [0.25, 0.3) is 0 Å². The maximum Gasteiger partial charge on any atom is 0.161 e. The number of pyridine rings is 1. The lowest BCUT2D eigenvalue weighted by Crippen LogP contribution is -2.22. The van der Waals surface area contributed by atoms with Gasteiger partial charge in [-0.1, -0.05) is 0 Å². The first-order chi connectivity index (χ1) is 7.84. The average Bonchev–Trinajstić information content (AvgIpc) is 2.73. The van der Waals surface area contributed by atoms with Gasteiger partial charge in [0.1, 0.15) is 0 Å². The number of ketones is 1. The third-order valence-electron chi connectivity index (χ3n) is 2.80. The van der Waals surface area contributed by atoms with Gasteiger partial charge in [0, 0.05) is 23.8 Å². The fourth-order valence-corrected chi connectivity index (χ4v) is 2.02. The summed E-state index contributed by atoms with van der Waals surface area (Å²) in [7, 11) is 0. The molecule has 2 heterocycles. The number of carbonyl (C=O) groups is 1. The summed E-state index contributed by atoms with van der Waals surface area (Å²) < 4.78 is 0. The molecule has 0 amide bonds. The van der Waals surface area contributed by atoms with Gasteiger partial charge < -0.3 is 10.2 Å². The fourth-order valence-electron chi connectivity index (χ4n) is 2.02. The van der Waals surface area contributed by atoms with E-state index < -0.39 is 0 Å². The van der Waals surface area contributed by atoms with Gasteiger partial charge in [-0.05, 0) is 24.3 Å². The Morgan fingerprint density at radius 1 is 1.25 bits per heavy atom. The second-order valence-electron chi connectivity index (χ2n) is 3.81. The lowest BCUT2D eigenvalue weighted by atomic mass is 10.1. The normalized spacial score (nSPS) is 18.8. The van der Waals surface area contributed by atoms with E-state index >= 15 is 0 Å². The molecule has 0 spiro atoms. The molecule has 3 rings (SSSR count). The van der Waals surface area contributed by atoms with Crippen molar-refractivity contribution in [3.05, 3.63) is 48.1 Å². The van der Waals surface area contributed by atoms with Gasteiger partial charge in [-0.3, -0.25) is 9.78 Å². The number of carbonyl (C=O) groups excluding carboxylic acids is 1. The van der Waals surface area contributed by atoms with Crippen molar-refractivity contribution in [2.75, 3.05) is 11.6 Å². The van der Waals surface area contributed by atoms with E-state index in [2.05, 4.69) is 15.2 Å². The molecule has 0 saturated heterocycles. The van der Waals surface area contributed by atoms with Crippen LogP contribution in [0.15, 0.2) is 48.1 Å². The Hall–Kier alpha value is -2.10. The van der Waals surface area contributed by atoms with E-state index in [1.54, 1.807) is 18.5 Å². The summed E-state index contributed by atoms with van der Waals surface area (Å²) in [4.78, 5) is 17.4. The highest BCUT2D eigenvalue weighted by atomic mass is 16.1. The molecule has 1 N–H and O–H groups in total. The van der Waals surface area contributed by atoms with Crippen molar-refractivity contribution in [2.24, 2.45) is 0 Å². The lowest BCUT2D eigenvalue weighted by Gasteiger charge is -2.19. The first kappa shape index (κ1) is 9.15. The highest BCUT2D eigenvalue weighted by Crippen LogP contribution is 2.27. The van der Waals surface area contributed by atoms with Crippen LogP contribution in [0.2, 0.25) is 0 Å². The van der Waals surface area contributed by atoms with Gasteiger partial charge >= 0.3 is 0 Å². The third kappa shape index (κ3) is 1.39. The number of nitrogens with zero attached hydrogens (tertiary/aromatic N) is 2. The number of allylic oxidation sites excluding steroid dienone is 3. The molecule has 2 aliphatic rings. The Kier molecular flexibility index (Phi) is 1.99. The monoisotopic (exact) mass is 213 g/mol. The number of hydrogen-bond acceptors (Lipinski definition) is 4. The Balaban J connectivity index is 1.96. The molecule has 1 aromatic heterocycles. The zero-order chi connectivity index (χ0) is 11.0. The van der Waals surface area contributed by atoms with Crippen molar-refractivity contribution in [2.45, 2.75) is 6.42 Å². The fraction of sp³-hybridized carbons (Fsp3) is 0.167. The molecule has 0 radical (unpaired) electrons. The predicted molar refractivity (Wildman–Crippen MR) is 60.5 cm³/mol. The second kappa shape index (κ2) is 3.48. The Labute approximate surface area is 93.3 Å². The molecule has 0 aromatic carbocycles. The molecule has 1 aliphatic heterocycles. The van der Waals surface area contributed by atoms with Crippen LogP contribution in [0, 0.1) is 0 Å². The van der Waals surface area contributed by atoms with E-state index in [-0.39, 0.29) is 5.78 Å². The van der Waals surface area contributed by atoms with Crippen molar-refractivity contribution >= 4 is 11.5 Å². The Bertz CT molecular complexity index is 490. The standard InChI is InChI=1S/C12H11N3O/c16-10-1-2-12-11(7-10)14-8-15(12)9-3-5-13-6-4-9/h1-6,14H,7-8H2. The van der Waals surface area contributed by atoms with E-state index in [0.29, 0.717) is 13.1 Å². The van der Waals surface area contributed by atoms with Crippen molar-refractivity contribution < 1.29 is 4.79 Å². The van der Waals surface area contributed by atoms with E-state index in [0.717, 1.165) is 17.1 Å². The summed E-state index contributed by atoms with van der Waals surface area (Å²) in [6, 6.07) is 3.92. The van der Waals surface area contributed by atoms with Crippen LogP contribution in [0.5, 0.6) is 0 Å². The Morgan fingerprint density at radius 3 is 2.88 bits per heavy atom. The van der Waals surface area contributed by atoms with Gasteiger partial charge in [-0.2, -0.15) is 0 Å². The van der Waals surface area contributed by atoms with E-state index in [1.165, 1.54) is 0 Å². The maximum absolute atomic E-state index is 11.3. The highest BCUT2D eigenvalue weighted by Gasteiger charge is 2.24. The Morgan fingerprint density at radius 2 is 2.06 bits per heavy atom. The zero-order valence-corrected chi connectivity index (χ0v) is 8.68. The first-order valence-electron chi connectivity index (χ1n) is 5.20. The predicted octanol–water partition coefficient (Wildman–Crippen LogP) is 1.19. The van der Waals surface area contributed by atoms with Crippen molar-refractivity contribution in [1.82, 2.24) is 10.3 Å².